The first-order chi connectivity index (χ1) is 6.65. The maximum atomic E-state index is 12.9. The van der Waals surface area contributed by atoms with E-state index < -0.39 is 10.7 Å². The molecule has 6 heteroatoms. The third-order valence-electron chi connectivity index (χ3n) is 1.55. The van der Waals surface area contributed by atoms with Crippen LogP contribution in [-0.2, 0) is 11.3 Å². The number of benzene rings is 1. The Kier molecular flexibility index (Phi) is 3.04. The Balaban J connectivity index is 3.07. The fourth-order valence-electron chi connectivity index (χ4n) is 0.913. The molecule has 0 radical (unpaired) electrons. The number of aliphatic imine (C=N–C) groups is 1. The molecule has 0 amide bonds. The number of nitrogens with zero attached hydrogens (tertiary/aromatic N) is 2. The zero-order chi connectivity index (χ0) is 10.6. The lowest BCUT2D eigenvalue weighted by molar-refractivity contribution is -0.385. The largest absolute Gasteiger partial charge is 0.269 e. The van der Waals surface area contributed by atoms with E-state index in [0.717, 1.165) is 18.2 Å². The lowest BCUT2D eigenvalue weighted by atomic mass is 10.2. The van der Waals surface area contributed by atoms with Crippen molar-refractivity contribution >= 4 is 11.8 Å². The van der Waals surface area contributed by atoms with Gasteiger partial charge in [0.1, 0.15) is 5.82 Å². The first kappa shape index (κ1) is 10.0. The van der Waals surface area contributed by atoms with Gasteiger partial charge in [-0.25, -0.2) is 14.2 Å². The van der Waals surface area contributed by atoms with Gasteiger partial charge >= 0.3 is 0 Å². The van der Waals surface area contributed by atoms with Crippen molar-refractivity contribution in [2.75, 3.05) is 0 Å². The molecule has 72 valence electrons. The van der Waals surface area contributed by atoms with Crippen LogP contribution < -0.4 is 0 Å². The number of isocyanates is 1. The minimum Gasteiger partial charge on any atom is -0.258 e. The van der Waals surface area contributed by atoms with E-state index in [1.165, 1.54) is 6.08 Å². The molecule has 0 N–H and O–H groups in total. The normalized spacial score (nSPS) is 9.21. The summed E-state index contributed by atoms with van der Waals surface area (Å²) in [5, 5.41) is 10.3. The lowest BCUT2D eigenvalue weighted by Crippen LogP contribution is -1.93. The number of nitro benzene ring substituents is 1. The van der Waals surface area contributed by atoms with E-state index >= 15 is 0 Å². The van der Waals surface area contributed by atoms with Gasteiger partial charge in [0.15, 0.2) is 0 Å². The summed E-state index contributed by atoms with van der Waals surface area (Å²) in [5.41, 5.74) is -0.231. The minimum absolute atomic E-state index is 0.00236. The maximum Gasteiger partial charge on any atom is 0.269 e. The van der Waals surface area contributed by atoms with E-state index in [4.69, 9.17) is 0 Å². The second kappa shape index (κ2) is 4.25. The van der Waals surface area contributed by atoms with Gasteiger partial charge in [-0.2, -0.15) is 0 Å². The number of nitro groups is 1. The molecule has 1 aromatic rings. The fourth-order valence-corrected chi connectivity index (χ4v) is 0.913. The summed E-state index contributed by atoms with van der Waals surface area (Å²) in [6.45, 7) is -0.239. The highest BCUT2D eigenvalue weighted by molar-refractivity contribution is 5.37. The van der Waals surface area contributed by atoms with Crippen LogP contribution in [0.5, 0.6) is 0 Å². The van der Waals surface area contributed by atoms with E-state index in [0.29, 0.717) is 0 Å². The molecule has 14 heavy (non-hydrogen) atoms. The van der Waals surface area contributed by atoms with Crippen LogP contribution in [0.3, 0.4) is 0 Å². The summed E-state index contributed by atoms with van der Waals surface area (Å²) in [7, 11) is 0. The zero-order valence-corrected chi connectivity index (χ0v) is 6.94. The summed E-state index contributed by atoms with van der Waals surface area (Å²) < 4.78 is 12.9. The number of non-ortho nitro benzene ring substituents is 1. The molecule has 5 nitrogen and oxygen atoms in total. The number of hydrogen-bond donors (Lipinski definition) is 0. The molecule has 0 heterocycles. The lowest BCUT2D eigenvalue weighted by Gasteiger charge is -1.97. The predicted octanol–water partition coefficient (Wildman–Crippen LogP) is 1.57. The number of rotatable bonds is 3. The summed E-state index contributed by atoms with van der Waals surface area (Å²) in [5.74, 6) is -0.630. The summed E-state index contributed by atoms with van der Waals surface area (Å²) in [4.78, 5) is 22.6. The van der Waals surface area contributed by atoms with E-state index in [1.54, 1.807) is 0 Å². The van der Waals surface area contributed by atoms with E-state index in [1.807, 2.05) is 0 Å². The molecule has 0 aromatic heterocycles. The molecule has 1 rings (SSSR count). The Bertz CT molecular complexity index is 413. The van der Waals surface area contributed by atoms with Gasteiger partial charge < -0.3 is 0 Å². The fraction of sp³-hybridized carbons (Fsp3) is 0.125. The third-order valence-corrected chi connectivity index (χ3v) is 1.55. The van der Waals surface area contributed by atoms with Crippen LogP contribution in [0.1, 0.15) is 5.56 Å². The van der Waals surface area contributed by atoms with E-state index in [-0.39, 0.29) is 17.8 Å². The van der Waals surface area contributed by atoms with Crippen molar-refractivity contribution in [1.82, 2.24) is 0 Å². The molecule has 0 fully saturated rings. The molecule has 0 atom stereocenters. The van der Waals surface area contributed by atoms with Crippen LogP contribution in [0.15, 0.2) is 23.2 Å². The molecule has 0 unspecified atom stereocenters. The quantitative estimate of drug-likeness (QED) is 0.318. The molecule has 0 aliphatic carbocycles. The van der Waals surface area contributed by atoms with Crippen molar-refractivity contribution in [3.8, 4) is 0 Å². The van der Waals surface area contributed by atoms with Crippen LogP contribution >= 0.6 is 0 Å². The molecule has 0 aliphatic rings. The second-order valence-electron chi connectivity index (χ2n) is 2.44. The Morgan fingerprint density at radius 2 is 2.29 bits per heavy atom. The van der Waals surface area contributed by atoms with Gasteiger partial charge in [-0.15, -0.1) is 0 Å². The Hall–Kier alpha value is -2.07. The molecular formula is C8H5FN2O3. The molecule has 0 bridgehead atoms. The van der Waals surface area contributed by atoms with Crippen LogP contribution in [-0.4, -0.2) is 11.0 Å². The highest BCUT2D eigenvalue weighted by atomic mass is 19.1. The monoisotopic (exact) mass is 196 g/mol. The van der Waals surface area contributed by atoms with Crippen molar-refractivity contribution in [3.05, 3.63) is 39.7 Å². The van der Waals surface area contributed by atoms with Gasteiger partial charge in [0, 0.05) is 17.7 Å². The van der Waals surface area contributed by atoms with Gasteiger partial charge in [-0.05, 0) is 6.07 Å². The maximum absolute atomic E-state index is 12.9. The van der Waals surface area contributed by atoms with Crippen LogP contribution in [0.4, 0.5) is 10.1 Å². The molecule has 0 spiro atoms. The molecule has 0 saturated heterocycles. The van der Waals surface area contributed by atoms with Gasteiger partial charge in [-0.3, -0.25) is 10.1 Å². The standard InChI is InChI=1S/C8H5FN2O3/c9-8-2-1-7(11(13)14)3-6(8)4-10-5-12/h1-3H,4H2. The molecule has 0 aliphatic heterocycles. The Morgan fingerprint density at radius 1 is 1.57 bits per heavy atom. The topological polar surface area (TPSA) is 72.6 Å². The Morgan fingerprint density at radius 3 is 2.86 bits per heavy atom. The van der Waals surface area contributed by atoms with Crippen molar-refractivity contribution in [2.45, 2.75) is 6.54 Å². The zero-order valence-electron chi connectivity index (χ0n) is 6.94. The molecule has 0 saturated carbocycles. The average molecular weight is 196 g/mol. The highest BCUT2D eigenvalue weighted by Crippen LogP contribution is 2.17. The summed E-state index contributed by atoms with van der Waals surface area (Å²) in [6, 6.07) is 3.05. The third kappa shape index (κ3) is 2.21. The first-order valence-electron chi connectivity index (χ1n) is 3.61. The van der Waals surface area contributed by atoms with Crippen molar-refractivity contribution in [2.24, 2.45) is 4.99 Å². The van der Waals surface area contributed by atoms with Crippen molar-refractivity contribution in [1.29, 1.82) is 0 Å². The van der Waals surface area contributed by atoms with E-state index in [2.05, 4.69) is 4.99 Å². The minimum atomic E-state index is -0.645. The number of hydrogen-bond acceptors (Lipinski definition) is 4. The molecular weight excluding hydrogens is 191 g/mol. The number of halogens is 1. The SMILES string of the molecule is O=C=NCc1cc([N+](=O)[O-])ccc1F. The smallest absolute Gasteiger partial charge is 0.258 e. The summed E-state index contributed by atoms with van der Waals surface area (Å²) >= 11 is 0. The van der Waals surface area contributed by atoms with Crippen LogP contribution in [0, 0.1) is 15.9 Å². The highest BCUT2D eigenvalue weighted by Gasteiger charge is 2.09. The van der Waals surface area contributed by atoms with Gasteiger partial charge in [-0.1, -0.05) is 0 Å². The average Bonchev–Trinajstić information content (AvgIpc) is 2.16. The predicted molar refractivity (Wildman–Crippen MR) is 44.9 cm³/mol. The Labute approximate surface area is 78.0 Å². The van der Waals surface area contributed by atoms with E-state index in [9.17, 15) is 19.3 Å². The first-order valence-corrected chi connectivity index (χ1v) is 3.61. The van der Waals surface area contributed by atoms with Crippen LogP contribution in [0.2, 0.25) is 0 Å². The van der Waals surface area contributed by atoms with Gasteiger partial charge in [0.2, 0.25) is 6.08 Å². The van der Waals surface area contributed by atoms with Crippen molar-refractivity contribution < 1.29 is 14.1 Å². The van der Waals surface area contributed by atoms with Gasteiger partial charge in [0.05, 0.1) is 11.5 Å². The summed E-state index contributed by atoms with van der Waals surface area (Å²) in [6.07, 6.45) is 1.23. The second-order valence-corrected chi connectivity index (χ2v) is 2.44. The van der Waals surface area contributed by atoms with Crippen LogP contribution in [0.25, 0.3) is 0 Å². The molecule has 1 aromatic carbocycles. The van der Waals surface area contributed by atoms with Gasteiger partial charge in [0.25, 0.3) is 5.69 Å². The van der Waals surface area contributed by atoms with Crippen molar-refractivity contribution in [3.63, 3.8) is 0 Å². The number of carbonyl (C=O) groups excluding carboxylic acids is 1.